The van der Waals surface area contributed by atoms with E-state index in [9.17, 15) is 9.59 Å². The van der Waals surface area contributed by atoms with Crippen molar-refractivity contribution in [3.05, 3.63) is 35.4 Å². The molecule has 0 bridgehead atoms. The smallest absolute Gasteiger partial charge is 0.253 e. The molecule has 138 valence electrons. The number of aliphatic hydroxyl groups excluding tert-OH is 1. The predicted molar refractivity (Wildman–Crippen MR) is 96.2 cm³/mol. The van der Waals surface area contributed by atoms with Gasteiger partial charge in [-0.25, -0.2) is 0 Å². The Kier molecular flexibility index (Phi) is 5.89. The molecule has 0 radical (unpaired) electrons. The second-order valence-corrected chi connectivity index (χ2v) is 7.12. The Morgan fingerprint density at radius 3 is 2.92 bits per heavy atom. The first-order valence-corrected chi connectivity index (χ1v) is 9.34. The summed E-state index contributed by atoms with van der Waals surface area (Å²) in [5.41, 5.74) is 1.04. The Hall–Kier alpha value is -2.39. The maximum absolute atomic E-state index is 12.8. The topological polar surface area (TPSA) is 84.6 Å². The summed E-state index contributed by atoms with van der Waals surface area (Å²) in [7, 11) is 0. The molecule has 1 N–H and O–H groups in total. The molecular formula is C20H25N3O3. The lowest BCUT2D eigenvalue weighted by atomic mass is 9.83. The molecule has 0 saturated carbocycles. The van der Waals surface area contributed by atoms with Crippen molar-refractivity contribution < 1.29 is 14.7 Å². The molecule has 0 unspecified atom stereocenters. The minimum absolute atomic E-state index is 0.0377. The van der Waals surface area contributed by atoms with Gasteiger partial charge in [-0.3, -0.25) is 9.59 Å². The second-order valence-electron chi connectivity index (χ2n) is 7.12. The molecule has 0 aliphatic carbocycles. The van der Waals surface area contributed by atoms with Crippen LogP contribution in [0.25, 0.3) is 0 Å². The lowest BCUT2D eigenvalue weighted by Gasteiger charge is -2.47. The average Bonchev–Trinajstić information content (AvgIpc) is 2.69. The molecular weight excluding hydrogens is 330 g/mol. The Bertz CT molecular complexity index is 712. The third-order valence-corrected chi connectivity index (χ3v) is 5.48. The first-order chi connectivity index (χ1) is 12.6. The minimum atomic E-state index is -0.0377. The van der Waals surface area contributed by atoms with Gasteiger partial charge in [0.1, 0.15) is 0 Å². The van der Waals surface area contributed by atoms with Crippen molar-refractivity contribution in [1.82, 2.24) is 9.80 Å². The first kappa shape index (κ1) is 18.4. The largest absolute Gasteiger partial charge is 0.396 e. The van der Waals surface area contributed by atoms with E-state index in [4.69, 9.17) is 10.4 Å². The third-order valence-electron chi connectivity index (χ3n) is 5.48. The number of fused-ring (bicyclic) bond motifs is 1. The van der Waals surface area contributed by atoms with Gasteiger partial charge in [0.25, 0.3) is 5.91 Å². The van der Waals surface area contributed by atoms with Gasteiger partial charge in [-0.1, -0.05) is 6.07 Å². The van der Waals surface area contributed by atoms with Gasteiger partial charge in [0.05, 0.1) is 11.6 Å². The third kappa shape index (κ3) is 3.88. The van der Waals surface area contributed by atoms with Crippen LogP contribution in [0, 0.1) is 17.2 Å². The number of piperidine rings is 2. The van der Waals surface area contributed by atoms with Gasteiger partial charge in [-0.15, -0.1) is 0 Å². The summed E-state index contributed by atoms with van der Waals surface area (Å²) in [6.45, 7) is 2.13. The number of unbranched alkanes of at least 4 members (excludes halogenated alkanes) is 1. The molecule has 3 rings (SSSR count). The highest BCUT2D eigenvalue weighted by atomic mass is 16.3. The number of likely N-dealkylation sites (tertiary alicyclic amines) is 2. The fourth-order valence-corrected chi connectivity index (χ4v) is 4.12. The first-order valence-electron chi connectivity index (χ1n) is 9.34. The van der Waals surface area contributed by atoms with Crippen molar-refractivity contribution >= 4 is 11.8 Å². The molecule has 0 aromatic heterocycles. The zero-order valence-electron chi connectivity index (χ0n) is 14.9. The van der Waals surface area contributed by atoms with Gasteiger partial charge >= 0.3 is 0 Å². The van der Waals surface area contributed by atoms with Crippen molar-refractivity contribution in [2.75, 3.05) is 26.2 Å². The number of nitriles is 1. The molecule has 2 aliphatic rings. The lowest BCUT2D eigenvalue weighted by molar-refractivity contribution is -0.140. The van der Waals surface area contributed by atoms with Crippen LogP contribution in [-0.2, 0) is 4.79 Å². The quantitative estimate of drug-likeness (QED) is 0.816. The van der Waals surface area contributed by atoms with Gasteiger partial charge in [-0.05, 0) is 49.8 Å². The summed E-state index contributed by atoms with van der Waals surface area (Å²) >= 11 is 0. The number of aliphatic hydroxyl groups is 1. The van der Waals surface area contributed by atoms with E-state index < -0.39 is 0 Å². The Morgan fingerprint density at radius 1 is 1.31 bits per heavy atom. The highest BCUT2D eigenvalue weighted by Gasteiger charge is 2.40. The van der Waals surface area contributed by atoms with Gasteiger partial charge < -0.3 is 14.9 Å². The number of amides is 2. The number of hydrogen-bond acceptors (Lipinski definition) is 4. The Morgan fingerprint density at radius 2 is 2.15 bits per heavy atom. The SMILES string of the molecule is N#Cc1cccc(C(=O)N2CC[C@@H]3[C@@H](CCC(=O)N3CCCCO)C2)c1. The number of nitrogens with zero attached hydrogens (tertiary/aromatic N) is 3. The molecule has 6 nitrogen and oxygen atoms in total. The van der Waals surface area contributed by atoms with Crippen molar-refractivity contribution in [1.29, 1.82) is 5.26 Å². The maximum Gasteiger partial charge on any atom is 0.253 e. The average molecular weight is 355 g/mol. The number of carbonyl (C=O) groups is 2. The summed E-state index contributed by atoms with van der Waals surface area (Å²) in [5, 5.41) is 18.0. The van der Waals surface area contributed by atoms with E-state index >= 15 is 0 Å². The van der Waals surface area contributed by atoms with Gasteiger partial charge in [0, 0.05) is 44.3 Å². The van der Waals surface area contributed by atoms with Crippen LogP contribution in [0.2, 0.25) is 0 Å². The Balaban J connectivity index is 1.66. The second kappa shape index (κ2) is 8.33. The number of rotatable bonds is 5. The summed E-state index contributed by atoms with van der Waals surface area (Å²) in [6, 6.07) is 9.09. The van der Waals surface area contributed by atoms with Gasteiger partial charge in [0.15, 0.2) is 0 Å². The van der Waals surface area contributed by atoms with Crippen molar-refractivity contribution in [2.24, 2.45) is 5.92 Å². The fraction of sp³-hybridized carbons (Fsp3) is 0.550. The highest BCUT2D eigenvalue weighted by Crippen LogP contribution is 2.32. The standard InChI is InChI=1S/C20H25N3O3/c21-13-15-4-3-5-16(12-15)20(26)22-10-8-18-17(14-22)6-7-19(25)23(18)9-1-2-11-24/h3-5,12,17-18,24H,1-2,6-11,14H2/t17-,18+/m0/s1. The molecule has 1 aromatic carbocycles. The van der Waals surface area contributed by atoms with E-state index in [1.807, 2.05) is 9.80 Å². The van der Waals surface area contributed by atoms with Crippen LogP contribution >= 0.6 is 0 Å². The van der Waals surface area contributed by atoms with Crippen LogP contribution in [-0.4, -0.2) is 59.0 Å². The van der Waals surface area contributed by atoms with Gasteiger partial charge in [-0.2, -0.15) is 5.26 Å². The van der Waals surface area contributed by atoms with Crippen LogP contribution in [0.3, 0.4) is 0 Å². The molecule has 2 heterocycles. The van der Waals surface area contributed by atoms with Crippen LogP contribution in [0.1, 0.15) is 48.0 Å². The summed E-state index contributed by atoms with van der Waals surface area (Å²) < 4.78 is 0. The number of benzene rings is 1. The normalized spacial score (nSPS) is 22.7. The van der Waals surface area contributed by atoms with E-state index in [1.54, 1.807) is 24.3 Å². The number of hydrogen-bond donors (Lipinski definition) is 1. The van der Waals surface area contributed by atoms with Crippen molar-refractivity contribution in [3.8, 4) is 6.07 Å². The molecule has 0 spiro atoms. The lowest BCUT2D eigenvalue weighted by Crippen LogP contribution is -2.57. The maximum atomic E-state index is 12.8. The van der Waals surface area contributed by atoms with Crippen LogP contribution in [0.15, 0.2) is 24.3 Å². The van der Waals surface area contributed by atoms with E-state index in [0.29, 0.717) is 49.5 Å². The van der Waals surface area contributed by atoms with E-state index in [-0.39, 0.29) is 24.5 Å². The van der Waals surface area contributed by atoms with E-state index in [0.717, 1.165) is 19.3 Å². The van der Waals surface area contributed by atoms with E-state index in [2.05, 4.69) is 6.07 Å². The molecule has 1 aromatic rings. The molecule has 26 heavy (non-hydrogen) atoms. The van der Waals surface area contributed by atoms with Gasteiger partial charge in [0.2, 0.25) is 5.91 Å². The summed E-state index contributed by atoms with van der Waals surface area (Å²) in [4.78, 5) is 28.9. The van der Waals surface area contributed by atoms with Crippen LogP contribution in [0.4, 0.5) is 0 Å². The monoisotopic (exact) mass is 355 g/mol. The Labute approximate surface area is 154 Å². The molecule has 6 heteroatoms. The molecule has 2 fully saturated rings. The number of carbonyl (C=O) groups excluding carboxylic acids is 2. The van der Waals surface area contributed by atoms with Crippen molar-refractivity contribution in [3.63, 3.8) is 0 Å². The zero-order chi connectivity index (χ0) is 18.5. The molecule has 2 amide bonds. The fourth-order valence-electron chi connectivity index (χ4n) is 4.12. The minimum Gasteiger partial charge on any atom is -0.396 e. The highest BCUT2D eigenvalue weighted by molar-refractivity contribution is 5.94. The molecule has 2 aliphatic heterocycles. The zero-order valence-corrected chi connectivity index (χ0v) is 14.9. The van der Waals surface area contributed by atoms with E-state index in [1.165, 1.54) is 0 Å². The summed E-state index contributed by atoms with van der Waals surface area (Å²) in [5.74, 6) is 0.466. The predicted octanol–water partition coefficient (Wildman–Crippen LogP) is 1.78. The molecule has 2 saturated heterocycles. The van der Waals surface area contributed by atoms with Crippen molar-refractivity contribution in [2.45, 2.75) is 38.1 Å². The molecule has 2 atom stereocenters. The summed E-state index contributed by atoms with van der Waals surface area (Å²) in [6.07, 6.45) is 3.67. The van der Waals surface area contributed by atoms with Crippen LogP contribution < -0.4 is 0 Å². The van der Waals surface area contributed by atoms with Crippen LogP contribution in [0.5, 0.6) is 0 Å².